The van der Waals surface area contributed by atoms with Crippen molar-refractivity contribution in [1.82, 2.24) is 0 Å². The summed E-state index contributed by atoms with van der Waals surface area (Å²) < 4.78 is 11.5. The Morgan fingerprint density at radius 1 is 0.586 bits per heavy atom. The largest absolute Gasteiger partial charge is 0.496 e. The molecule has 29 heavy (non-hydrogen) atoms. The minimum Gasteiger partial charge on any atom is -0.496 e. The topological polar surface area (TPSA) is 18.5 Å². The highest BCUT2D eigenvalue weighted by molar-refractivity contribution is 9.08. The first-order valence-electron chi connectivity index (χ1n) is 9.48. The van der Waals surface area contributed by atoms with Crippen LogP contribution in [0.15, 0.2) is 60.7 Å². The molecule has 0 aliphatic heterocycles. The van der Waals surface area contributed by atoms with Crippen LogP contribution in [0, 0.1) is 0 Å². The maximum absolute atomic E-state index is 5.74. The van der Waals surface area contributed by atoms with E-state index in [1.165, 1.54) is 33.0 Å². The molecule has 0 heterocycles. The van der Waals surface area contributed by atoms with Crippen LogP contribution in [-0.2, 0) is 17.1 Å². The Morgan fingerprint density at radius 3 is 1.31 bits per heavy atom. The summed E-state index contributed by atoms with van der Waals surface area (Å²) in [7, 11) is 3.49. The lowest BCUT2D eigenvalue weighted by Gasteiger charge is -2.17. The van der Waals surface area contributed by atoms with Gasteiger partial charge in [-0.15, -0.1) is 0 Å². The van der Waals surface area contributed by atoms with Crippen LogP contribution in [0.2, 0.25) is 0 Å². The van der Waals surface area contributed by atoms with E-state index in [-0.39, 0.29) is 0 Å². The van der Waals surface area contributed by atoms with Crippen LogP contribution in [0.1, 0.15) is 22.3 Å². The molecule has 0 atom stereocenters. The normalized spacial score (nSPS) is 11.2. The van der Waals surface area contributed by atoms with Crippen LogP contribution in [0.5, 0.6) is 11.5 Å². The monoisotopic (exact) mass is 512 g/mol. The summed E-state index contributed by atoms with van der Waals surface area (Å²) >= 11 is 7.27. The van der Waals surface area contributed by atoms with E-state index in [4.69, 9.17) is 9.47 Å². The van der Waals surface area contributed by atoms with Gasteiger partial charge in [0.05, 0.1) is 14.2 Å². The summed E-state index contributed by atoms with van der Waals surface area (Å²) in [6.07, 6.45) is 0.842. The number of halogens is 2. The zero-order valence-corrected chi connectivity index (χ0v) is 19.6. The second-order valence-electron chi connectivity index (χ2n) is 6.99. The van der Waals surface area contributed by atoms with Crippen molar-refractivity contribution in [1.29, 1.82) is 0 Å². The molecule has 0 bridgehead atoms. The van der Waals surface area contributed by atoms with Gasteiger partial charge in [-0.1, -0.05) is 92.5 Å². The molecule has 4 aromatic carbocycles. The molecule has 0 amide bonds. The number of hydrogen-bond acceptors (Lipinski definition) is 2. The molecule has 0 radical (unpaired) electrons. The Labute approximate surface area is 188 Å². The third kappa shape index (κ3) is 3.64. The van der Waals surface area contributed by atoms with Crippen LogP contribution in [0.3, 0.4) is 0 Å². The highest BCUT2D eigenvalue weighted by Crippen LogP contribution is 2.38. The Bertz CT molecular complexity index is 1090. The average molecular weight is 514 g/mol. The summed E-state index contributed by atoms with van der Waals surface area (Å²) in [5.74, 6) is 1.89. The van der Waals surface area contributed by atoms with E-state index in [1.807, 2.05) is 0 Å². The van der Waals surface area contributed by atoms with Gasteiger partial charge < -0.3 is 9.47 Å². The number of methoxy groups -OCH3 is 2. The van der Waals surface area contributed by atoms with Crippen molar-refractivity contribution < 1.29 is 9.47 Å². The molecule has 0 aliphatic carbocycles. The van der Waals surface area contributed by atoms with Gasteiger partial charge in [-0.25, -0.2) is 0 Å². The van der Waals surface area contributed by atoms with Gasteiger partial charge >= 0.3 is 0 Å². The van der Waals surface area contributed by atoms with Crippen molar-refractivity contribution in [3.63, 3.8) is 0 Å². The second kappa shape index (κ2) is 8.76. The maximum atomic E-state index is 5.74. The first-order chi connectivity index (χ1) is 14.2. The molecule has 2 nitrogen and oxygen atoms in total. The summed E-state index contributed by atoms with van der Waals surface area (Å²) in [5, 5.41) is 6.28. The molecule has 0 spiro atoms. The molecule has 0 fully saturated rings. The molecular formula is C25H22Br2O2. The van der Waals surface area contributed by atoms with Gasteiger partial charge in [0.25, 0.3) is 0 Å². The van der Waals surface area contributed by atoms with Crippen molar-refractivity contribution in [2.24, 2.45) is 0 Å². The van der Waals surface area contributed by atoms with Crippen molar-refractivity contribution >= 4 is 53.4 Å². The average Bonchev–Trinajstić information content (AvgIpc) is 2.78. The van der Waals surface area contributed by atoms with E-state index in [1.54, 1.807) is 14.2 Å². The van der Waals surface area contributed by atoms with Gasteiger partial charge in [-0.2, -0.15) is 0 Å². The minimum absolute atomic E-state index is 0.754. The predicted octanol–water partition coefficient (Wildman–Crippen LogP) is 7.39. The Kier molecular flexibility index (Phi) is 6.12. The Balaban J connectivity index is 1.96. The highest BCUT2D eigenvalue weighted by Gasteiger charge is 2.16. The predicted molar refractivity (Wildman–Crippen MR) is 129 cm³/mol. The van der Waals surface area contributed by atoms with E-state index < -0.39 is 0 Å². The summed E-state index contributed by atoms with van der Waals surface area (Å²) in [6.45, 7) is 0. The molecule has 0 unspecified atom stereocenters. The van der Waals surface area contributed by atoms with Gasteiger partial charge in [-0.05, 0) is 28.3 Å². The van der Waals surface area contributed by atoms with Crippen molar-refractivity contribution in [2.45, 2.75) is 17.1 Å². The molecule has 0 saturated heterocycles. The summed E-state index contributed by atoms with van der Waals surface area (Å²) in [5.41, 5.74) is 4.93. The Morgan fingerprint density at radius 2 is 0.966 bits per heavy atom. The number of fused-ring (bicyclic) bond motifs is 2. The van der Waals surface area contributed by atoms with Crippen LogP contribution >= 0.6 is 31.9 Å². The standard InChI is InChI=1S/C25H22Br2O2/c1-28-24-18(14-26)12-16(20-7-3-5-9-22(20)24)11-17-13-19(15-27)25(29-2)23-10-6-4-8-21(17)23/h3-10,12-13H,11,14-15H2,1-2H3. The van der Waals surface area contributed by atoms with E-state index in [2.05, 4.69) is 92.5 Å². The van der Waals surface area contributed by atoms with Crippen LogP contribution < -0.4 is 9.47 Å². The lowest BCUT2D eigenvalue weighted by Crippen LogP contribution is -1.99. The zero-order valence-electron chi connectivity index (χ0n) is 16.5. The number of hydrogen-bond donors (Lipinski definition) is 0. The fourth-order valence-corrected chi connectivity index (χ4v) is 4.99. The molecule has 4 heteroatoms. The summed E-state index contributed by atoms with van der Waals surface area (Å²) in [4.78, 5) is 0. The molecule has 4 aromatic rings. The van der Waals surface area contributed by atoms with Crippen molar-refractivity contribution in [2.75, 3.05) is 14.2 Å². The summed E-state index contributed by atoms with van der Waals surface area (Å²) in [6, 6.07) is 21.5. The highest BCUT2D eigenvalue weighted by atomic mass is 79.9. The van der Waals surface area contributed by atoms with E-state index >= 15 is 0 Å². The van der Waals surface area contributed by atoms with Gasteiger partial charge in [0, 0.05) is 32.6 Å². The number of benzene rings is 4. The molecule has 4 rings (SSSR count). The maximum Gasteiger partial charge on any atom is 0.130 e. The second-order valence-corrected chi connectivity index (χ2v) is 8.11. The molecule has 0 aliphatic rings. The smallest absolute Gasteiger partial charge is 0.130 e. The van der Waals surface area contributed by atoms with Crippen LogP contribution in [-0.4, -0.2) is 14.2 Å². The first-order valence-corrected chi connectivity index (χ1v) is 11.7. The van der Waals surface area contributed by atoms with Crippen molar-refractivity contribution in [3.05, 3.63) is 82.9 Å². The number of alkyl halides is 2. The molecule has 148 valence electrons. The fourth-order valence-electron chi connectivity index (χ4n) is 4.15. The molecular weight excluding hydrogens is 492 g/mol. The van der Waals surface area contributed by atoms with E-state index in [9.17, 15) is 0 Å². The van der Waals surface area contributed by atoms with Gasteiger partial charge in [0.2, 0.25) is 0 Å². The number of rotatable bonds is 6. The lowest BCUT2D eigenvalue weighted by atomic mass is 9.91. The minimum atomic E-state index is 0.754. The Hall–Kier alpha value is -2.04. The van der Waals surface area contributed by atoms with E-state index in [0.29, 0.717) is 0 Å². The number of ether oxygens (including phenoxy) is 2. The van der Waals surface area contributed by atoms with Crippen LogP contribution in [0.25, 0.3) is 21.5 Å². The van der Waals surface area contributed by atoms with Gasteiger partial charge in [0.1, 0.15) is 11.5 Å². The van der Waals surface area contributed by atoms with Crippen LogP contribution in [0.4, 0.5) is 0 Å². The quantitative estimate of drug-likeness (QED) is 0.250. The lowest BCUT2D eigenvalue weighted by molar-refractivity contribution is 0.416. The molecule has 0 saturated carbocycles. The molecule has 0 aromatic heterocycles. The van der Waals surface area contributed by atoms with Gasteiger partial charge in [0.15, 0.2) is 0 Å². The fraction of sp³-hybridized carbons (Fsp3) is 0.200. The van der Waals surface area contributed by atoms with E-state index in [0.717, 1.165) is 39.4 Å². The molecule has 0 N–H and O–H groups in total. The van der Waals surface area contributed by atoms with Crippen molar-refractivity contribution in [3.8, 4) is 11.5 Å². The first kappa shape index (κ1) is 20.2. The SMILES string of the molecule is COc1c(CBr)cc(Cc2cc(CBr)c(OC)c3ccccc23)c2ccccc12. The van der Waals surface area contributed by atoms with Gasteiger partial charge in [-0.3, -0.25) is 0 Å². The zero-order chi connectivity index (χ0) is 20.4. The third-order valence-electron chi connectivity index (χ3n) is 5.39. The third-order valence-corrected chi connectivity index (χ3v) is 6.60.